The van der Waals surface area contributed by atoms with E-state index in [9.17, 15) is 4.39 Å². The van der Waals surface area contributed by atoms with E-state index in [4.69, 9.17) is 4.74 Å². The molecule has 0 spiro atoms. The number of ether oxygens (including phenoxy) is 1. The third kappa shape index (κ3) is 2.58. The Morgan fingerprint density at radius 3 is 2.23 bits per heavy atom. The van der Waals surface area contributed by atoms with Gasteiger partial charge in [-0.2, -0.15) is 4.39 Å². The first-order chi connectivity index (χ1) is 5.71. The predicted octanol–water partition coefficient (Wildman–Crippen LogP) is 3.78. The van der Waals surface area contributed by atoms with Gasteiger partial charge in [0.2, 0.25) is 0 Å². The van der Waals surface area contributed by atoms with Gasteiger partial charge < -0.3 is 4.74 Å². The summed E-state index contributed by atoms with van der Waals surface area (Å²) in [6.07, 6.45) is 3.47. The predicted molar refractivity (Wildman–Crippen MR) is 51.6 cm³/mol. The first-order valence-electron chi connectivity index (χ1n) is 4.50. The molecule has 1 nitrogen and oxygen atoms in total. The van der Waals surface area contributed by atoms with E-state index < -0.39 is 6.01 Å². The van der Waals surface area contributed by atoms with Gasteiger partial charge in [-0.1, -0.05) is 20.8 Å². The lowest BCUT2D eigenvalue weighted by molar-refractivity contribution is 0.206. The van der Waals surface area contributed by atoms with E-state index in [0.717, 1.165) is 0 Å². The van der Waals surface area contributed by atoms with Crippen LogP contribution in [0.2, 0.25) is 0 Å². The Morgan fingerprint density at radius 2 is 1.92 bits per heavy atom. The first-order valence-corrected chi connectivity index (χ1v) is 4.50. The van der Waals surface area contributed by atoms with Crippen LogP contribution in [0.3, 0.4) is 0 Å². The smallest absolute Gasteiger partial charge is 0.274 e. The van der Waals surface area contributed by atoms with Crippen molar-refractivity contribution >= 4 is 0 Å². The molecule has 2 heteroatoms. The number of halogens is 1. The van der Waals surface area contributed by atoms with Gasteiger partial charge in [0, 0.05) is 11.5 Å². The van der Waals surface area contributed by atoms with Crippen molar-refractivity contribution in [2.75, 3.05) is 0 Å². The van der Waals surface area contributed by atoms with Crippen molar-refractivity contribution in [3.05, 3.63) is 23.9 Å². The number of hydrogen-bond donors (Lipinski definition) is 0. The molecule has 1 aliphatic rings. The molecule has 0 atom stereocenters. The van der Waals surface area contributed by atoms with Crippen molar-refractivity contribution in [2.24, 2.45) is 10.8 Å². The van der Waals surface area contributed by atoms with Gasteiger partial charge in [0.05, 0.1) is 0 Å². The summed E-state index contributed by atoms with van der Waals surface area (Å²) in [5, 5.41) is 0. The van der Waals surface area contributed by atoms with E-state index in [1.807, 2.05) is 19.9 Å². The second-order valence-corrected chi connectivity index (χ2v) is 5.15. The molecule has 1 heterocycles. The van der Waals surface area contributed by atoms with Crippen LogP contribution in [-0.4, -0.2) is 0 Å². The van der Waals surface area contributed by atoms with E-state index in [0.29, 0.717) is 5.76 Å². The minimum atomic E-state index is -0.486. The normalized spacial score (nSPS) is 24.5. The molecule has 0 radical (unpaired) electrons. The maximum Gasteiger partial charge on any atom is 0.274 e. The van der Waals surface area contributed by atoms with Crippen LogP contribution in [0.5, 0.6) is 0 Å². The highest BCUT2D eigenvalue weighted by molar-refractivity contribution is 5.23. The van der Waals surface area contributed by atoms with E-state index >= 15 is 0 Å². The van der Waals surface area contributed by atoms with Gasteiger partial charge in [0.25, 0.3) is 6.01 Å². The lowest BCUT2D eigenvalue weighted by Gasteiger charge is -2.20. The lowest BCUT2D eigenvalue weighted by atomic mass is 9.86. The number of hydrogen-bond acceptors (Lipinski definition) is 1. The van der Waals surface area contributed by atoms with Gasteiger partial charge in [-0.05, 0) is 25.3 Å². The summed E-state index contributed by atoms with van der Waals surface area (Å²) in [4.78, 5) is 0. The minimum Gasteiger partial charge on any atom is -0.436 e. The molecule has 0 saturated carbocycles. The van der Waals surface area contributed by atoms with Crippen molar-refractivity contribution in [3.8, 4) is 0 Å². The van der Waals surface area contributed by atoms with E-state index in [1.165, 1.54) is 6.08 Å². The summed E-state index contributed by atoms with van der Waals surface area (Å²) >= 11 is 0. The van der Waals surface area contributed by atoms with Gasteiger partial charge in [-0.3, -0.25) is 0 Å². The largest absolute Gasteiger partial charge is 0.436 e. The molecule has 0 unspecified atom stereocenters. The monoisotopic (exact) mass is 184 g/mol. The van der Waals surface area contributed by atoms with Gasteiger partial charge in [0.1, 0.15) is 5.76 Å². The summed E-state index contributed by atoms with van der Waals surface area (Å²) in [5.41, 5.74) is -0.289. The van der Waals surface area contributed by atoms with E-state index in [1.54, 1.807) is 0 Å². The Labute approximate surface area is 79.3 Å². The Bertz CT molecular complexity index is 266. The van der Waals surface area contributed by atoms with Crippen LogP contribution in [0, 0.1) is 10.8 Å². The van der Waals surface area contributed by atoms with Crippen LogP contribution in [0.1, 0.15) is 34.6 Å². The average molecular weight is 184 g/mol. The standard InChI is InChI=1S/C11H17FO/c1-10(2,3)6-8-11(4,5)7-9(12)13-8/h6-7H,1-5H3/b8-6-. The van der Waals surface area contributed by atoms with Gasteiger partial charge in [-0.25, -0.2) is 0 Å². The molecular formula is C11H17FO. The zero-order chi connectivity index (χ0) is 10.3. The van der Waals surface area contributed by atoms with Crippen LogP contribution in [0.15, 0.2) is 23.9 Å². The molecule has 0 fully saturated rings. The summed E-state index contributed by atoms with van der Waals surface area (Å²) < 4.78 is 17.9. The lowest BCUT2D eigenvalue weighted by Crippen LogP contribution is -2.11. The van der Waals surface area contributed by atoms with E-state index in [-0.39, 0.29) is 10.8 Å². The molecule has 0 amide bonds. The molecule has 0 aromatic heterocycles. The second-order valence-electron chi connectivity index (χ2n) is 5.15. The van der Waals surface area contributed by atoms with Gasteiger partial charge >= 0.3 is 0 Å². The number of allylic oxidation sites excluding steroid dienone is 2. The maximum absolute atomic E-state index is 12.8. The van der Waals surface area contributed by atoms with Crippen LogP contribution in [-0.2, 0) is 4.74 Å². The van der Waals surface area contributed by atoms with Crippen molar-refractivity contribution < 1.29 is 9.13 Å². The Kier molecular flexibility index (Phi) is 2.27. The third-order valence-corrected chi connectivity index (χ3v) is 1.88. The molecule has 1 rings (SSSR count). The molecule has 0 aromatic rings. The zero-order valence-corrected chi connectivity index (χ0v) is 8.94. The topological polar surface area (TPSA) is 9.23 Å². The summed E-state index contributed by atoms with van der Waals surface area (Å²) in [7, 11) is 0. The Hall–Kier alpha value is -0.790. The van der Waals surface area contributed by atoms with Crippen LogP contribution in [0.25, 0.3) is 0 Å². The molecule has 0 aliphatic carbocycles. The fraction of sp³-hybridized carbons (Fsp3) is 0.636. The molecular weight excluding hydrogens is 167 g/mol. The van der Waals surface area contributed by atoms with Gasteiger partial charge in [-0.15, -0.1) is 0 Å². The van der Waals surface area contributed by atoms with Crippen molar-refractivity contribution in [1.82, 2.24) is 0 Å². The summed E-state index contributed by atoms with van der Waals surface area (Å²) in [6.45, 7) is 10.1. The van der Waals surface area contributed by atoms with Crippen molar-refractivity contribution in [3.63, 3.8) is 0 Å². The molecule has 1 aliphatic heterocycles. The fourth-order valence-corrected chi connectivity index (χ4v) is 1.23. The second kappa shape index (κ2) is 2.86. The number of rotatable bonds is 0. The quantitative estimate of drug-likeness (QED) is 0.556. The summed E-state index contributed by atoms with van der Waals surface area (Å²) in [5.74, 6) is 0.706. The zero-order valence-electron chi connectivity index (χ0n) is 8.94. The Morgan fingerprint density at radius 1 is 1.38 bits per heavy atom. The molecule has 0 bridgehead atoms. The van der Waals surface area contributed by atoms with Crippen LogP contribution < -0.4 is 0 Å². The maximum atomic E-state index is 12.8. The first kappa shape index (κ1) is 10.3. The molecule has 13 heavy (non-hydrogen) atoms. The third-order valence-electron chi connectivity index (χ3n) is 1.88. The molecule has 0 aromatic carbocycles. The highest BCUT2D eigenvalue weighted by Gasteiger charge is 2.32. The molecule has 74 valence electrons. The van der Waals surface area contributed by atoms with Crippen molar-refractivity contribution in [1.29, 1.82) is 0 Å². The molecule has 0 N–H and O–H groups in total. The van der Waals surface area contributed by atoms with Crippen molar-refractivity contribution in [2.45, 2.75) is 34.6 Å². The van der Waals surface area contributed by atoms with Crippen LogP contribution >= 0.6 is 0 Å². The highest BCUT2D eigenvalue weighted by atomic mass is 19.1. The van der Waals surface area contributed by atoms with Gasteiger partial charge in [0.15, 0.2) is 0 Å². The minimum absolute atomic E-state index is 0.0189. The Balaban J connectivity index is 2.94. The molecule has 0 saturated heterocycles. The summed E-state index contributed by atoms with van der Waals surface area (Å²) in [6, 6.07) is -0.486. The average Bonchev–Trinajstić information content (AvgIpc) is 2.00. The van der Waals surface area contributed by atoms with E-state index in [2.05, 4.69) is 20.8 Å². The van der Waals surface area contributed by atoms with Crippen LogP contribution in [0.4, 0.5) is 4.39 Å². The highest BCUT2D eigenvalue weighted by Crippen LogP contribution is 2.40. The fourth-order valence-electron chi connectivity index (χ4n) is 1.23. The SMILES string of the molecule is CC(C)(C)/C=C1\OC(F)=CC1(C)C.